The lowest BCUT2D eigenvalue weighted by molar-refractivity contribution is 0.550. The quantitative estimate of drug-likeness (QED) is 0.659. The Labute approximate surface area is 75.4 Å². The number of halogens is 2. The maximum atomic E-state index is 13.0. The van der Waals surface area contributed by atoms with Gasteiger partial charge < -0.3 is 0 Å². The zero-order valence-corrected chi connectivity index (χ0v) is 7.95. The van der Waals surface area contributed by atoms with E-state index < -0.39 is 20.9 Å². The molecule has 1 rings (SSSR count). The van der Waals surface area contributed by atoms with Gasteiger partial charge in [-0.15, -0.1) is 3.89 Å². The molecule has 0 heterocycles. The molecule has 0 aliphatic rings. The molecule has 0 aliphatic carbocycles. The standard InChI is InChI=1S/C8H8F2O2S/c1-5-3-7(13(10,11)12)4-6(2)8(5)9/h3-4H,1-2H3. The number of aryl methyl sites for hydroxylation is 2. The number of hydrogen-bond acceptors (Lipinski definition) is 2. The van der Waals surface area contributed by atoms with Crippen LogP contribution in [0.3, 0.4) is 0 Å². The van der Waals surface area contributed by atoms with Crippen molar-refractivity contribution in [2.75, 3.05) is 0 Å². The minimum absolute atomic E-state index is 0.122. The summed E-state index contributed by atoms with van der Waals surface area (Å²) in [6.07, 6.45) is 0. The molecular weight excluding hydrogens is 198 g/mol. The van der Waals surface area contributed by atoms with Crippen molar-refractivity contribution in [2.24, 2.45) is 0 Å². The van der Waals surface area contributed by atoms with Gasteiger partial charge >= 0.3 is 10.2 Å². The van der Waals surface area contributed by atoms with Crippen LogP contribution in [0.4, 0.5) is 8.28 Å². The van der Waals surface area contributed by atoms with E-state index in [1.807, 2.05) is 0 Å². The van der Waals surface area contributed by atoms with Gasteiger partial charge in [0.2, 0.25) is 0 Å². The molecular formula is C8H8F2O2S. The van der Waals surface area contributed by atoms with Crippen LogP contribution in [0.2, 0.25) is 0 Å². The monoisotopic (exact) mass is 206 g/mol. The first kappa shape index (κ1) is 10.1. The van der Waals surface area contributed by atoms with Gasteiger partial charge in [0.05, 0.1) is 4.90 Å². The molecule has 13 heavy (non-hydrogen) atoms. The molecule has 0 aromatic heterocycles. The van der Waals surface area contributed by atoms with Crippen molar-refractivity contribution < 1.29 is 16.7 Å². The number of rotatable bonds is 1. The molecule has 2 nitrogen and oxygen atoms in total. The van der Waals surface area contributed by atoms with Crippen molar-refractivity contribution in [1.82, 2.24) is 0 Å². The van der Waals surface area contributed by atoms with E-state index in [1.165, 1.54) is 13.8 Å². The van der Waals surface area contributed by atoms with Crippen LogP contribution in [0.1, 0.15) is 11.1 Å². The summed E-state index contributed by atoms with van der Waals surface area (Å²) in [6.45, 7) is 2.77. The van der Waals surface area contributed by atoms with Crippen molar-refractivity contribution in [2.45, 2.75) is 18.7 Å². The maximum Gasteiger partial charge on any atom is 0.332 e. The highest BCUT2D eigenvalue weighted by atomic mass is 32.3. The maximum absolute atomic E-state index is 13.0. The van der Waals surface area contributed by atoms with Crippen LogP contribution in [0, 0.1) is 19.7 Å². The van der Waals surface area contributed by atoms with Gasteiger partial charge in [0.15, 0.2) is 0 Å². The zero-order chi connectivity index (χ0) is 10.2. The van der Waals surface area contributed by atoms with Crippen molar-refractivity contribution in [3.63, 3.8) is 0 Å². The van der Waals surface area contributed by atoms with Crippen molar-refractivity contribution in [3.8, 4) is 0 Å². The van der Waals surface area contributed by atoms with E-state index in [1.54, 1.807) is 0 Å². The largest absolute Gasteiger partial charge is 0.332 e. The van der Waals surface area contributed by atoms with E-state index in [4.69, 9.17) is 0 Å². The lowest BCUT2D eigenvalue weighted by atomic mass is 10.1. The predicted octanol–water partition coefficient (Wildman–Crippen LogP) is 2.10. The minimum atomic E-state index is -4.73. The summed E-state index contributed by atoms with van der Waals surface area (Å²) in [7, 11) is -4.73. The van der Waals surface area contributed by atoms with Gasteiger partial charge in [-0.2, -0.15) is 8.42 Å². The smallest absolute Gasteiger partial charge is 0.206 e. The van der Waals surface area contributed by atoms with Crippen LogP contribution in [-0.4, -0.2) is 8.42 Å². The Hall–Kier alpha value is -0.970. The average molecular weight is 206 g/mol. The molecule has 5 heteroatoms. The number of hydrogen-bond donors (Lipinski definition) is 0. The molecule has 1 aromatic rings. The third-order valence-electron chi connectivity index (χ3n) is 1.69. The molecule has 0 saturated heterocycles. The Kier molecular flexibility index (Phi) is 2.38. The Morgan fingerprint density at radius 1 is 1.15 bits per heavy atom. The van der Waals surface area contributed by atoms with E-state index in [-0.39, 0.29) is 11.1 Å². The second-order valence-electron chi connectivity index (χ2n) is 2.81. The van der Waals surface area contributed by atoms with Crippen LogP contribution < -0.4 is 0 Å². The first-order chi connectivity index (χ1) is 5.82. The van der Waals surface area contributed by atoms with Gasteiger partial charge in [0, 0.05) is 0 Å². The molecule has 0 fully saturated rings. The Morgan fingerprint density at radius 2 is 1.54 bits per heavy atom. The lowest BCUT2D eigenvalue weighted by Crippen LogP contribution is -1.96. The Morgan fingerprint density at radius 3 is 1.85 bits per heavy atom. The second kappa shape index (κ2) is 3.06. The normalized spacial score (nSPS) is 11.7. The fourth-order valence-corrected chi connectivity index (χ4v) is 1.68. The summed E-state index contributed by atoms with van der Waals surface area (Å²) < 4.78 is 46.4. The highest BCUT2D eigenvalue weighted by Crippen LogP contribution is 2.19. The van der Waals surface area contributed by atoms with Crippen LogP contribution in [-0.2, 0) is 10.2 Å². The summed E-state index contributed by atoms with van der Waals surface area (Å²) in [6, 6.07) is 1.94. The van der Waals surface area contributed by atoms with Crippen molar-refractivity contribution in [3.05, 3.63) is 29.1 Å². The SMILES string of the molecule is Cc1cc(S(=O)(=O)F)cc(C)c1F. The van der Waals surface area contributed by atoms with Crippen LogP contribution in [0.5, 0.6) is 0 Å². The molecule has 0 radical (unpaired) electrons. The van der Waals surface area contributed by atoms with Crippen LogP contribution >= 0.6 is 0 Å². The summed E-state index contributed by atoms with van der Waals surface area (Å²) >= 11 is 0. The summed E-state index contributed by atoms with van der Waals surface area (Å²) in [5, 5.41) is 0. The predicted molar refractivity (Wildman–Crippen MR) is 44.2 cm³/mol. The molecule has 0 amide bonds. The van der Waals surface area contributed by atoms with Crippen LogP contribution in [0.25, 0.3) is 0 Å². The van der Waals surface area contributed by atoms with Crippen LogP contribution in [0.15, 0.2) is 17.0 Å². The third kappa shape index (κ3) is 2.03. The minimum Gasteiger partial charge on any atom is -0.206 e. The Bertz CT molecular complexity index is 414. The molecule has 0 bridgehead atoms. The molecule has 0 atom stereocenters. The van der Waals surface area contributed by atoms with E-state index in [9.17, 15) is 16.7 Å². The van der Waals surface area contributed by atoms with Gasteiger partial charge in [0.1, 0.15) is 5.82 Å². The molecule has 0 N–H and O–H groups in total. The van der Waals surface area contributed by atoms with Gasteiger partial charge in [-0.05, 0) is 37.1 Å². The molecule has 0 aliphatic heterocycles. The number of benzene rings is 1. The molecule has 0 saturated carbocycles. The highest BCUT2D eigenvalue weighted by molar-refractivity contribution is 7.86. The summed E-state index contributed by atoms with van der Waals surface area (Å²) in [5.74, 6) is -0.507. The molecule has 1 aromatic carbocycles. The molecule has 0 unspecified atom stereocenters. The van der Waals surface area contributed by atoms with Gasteiger partial charge in [-0.3, -0.25) is 0 Å². The van der Waals surface area contributed by atoms with E-state index in [0.29, 0.717) is 0 Å². The van der Waals surface area contributed by atoms with Crippen molar-refractivity contribution in [1.29, 1.82) is 0 Å². The van der Waals surface area contributed by atoms with E-state index in [0.717, 1.165) is 12.1 Å². The second-order valence-corrected chi connectivity index (χ2v) is 4.16. The van der Waals surface area contributed by atoms with Crippen molar-refractivity contribution >= 4 is 10.2 Å². The lowest BCUT2D eigenvalue weighted by Gasteiger charge is -2.02. The van der Waals surface area contributed by atoms with E-state index in [2.05, 4.69) is 0 Å². The summed E-state index contributed by atoms with van der Waals surface area (Å²) in [5.41, 5.74) is 0.243. The molecule has 72 valence electrons. The highest BCUT2D eigenvalue weighted by Gasteiger charge is 2.14. The van der Waals surface area contributed by atoms with Gasteiger partial charge in [0.25, 0.3) is 0 Å². The fourth-order valence-electron chi connectivity index (χ4n) is 1.05. The summed E-state index contributed by atoms with van der Waals surface area (Å²) in [4.78, 5) is -0.496. The van der Waals surface area contributed by atoms with Gasteiger partial charge in [-0.25, -0.2) is 4.39 Å². The molecule has 0 spiro atoms. The Balaban J connectivity index is 3.47. The zero-order valence-electron chi connectivity index (χ0n) is 7.14. The topological polar surface area (TPSA) is 34.1 Å². The van der Waals surface area contributed by atoms with E-state index >= 15 is 0 Å². The third-order valence-corrected chi connectivity index (χ3v) is 2.49. The first-order valence-corrected chi connectivity index (χ1v) is 4.92. The fraction of sp³-hybridized carbons (Fsp3) is 0.250. The average Bonchev–Trinajstić information content (AvgIpc) is 1.97. The van der Waals surface area contributed by atoms with Gasteiger partial charge in [-0.1, -0.05) is 0 Å². The first-order valence-electron chi connectivity index (χ1n) is 3.54.